The summed E-state index contributed by atoms with van der Waals surface area (Å²) >= 11 is 7.67. The number of rotatable bonds is 1. The van der Waals surface area contributed by atoms with Gasteiger partial charge in [-0.1, -0.05) is 53.7 Å². The highest BCUT2D eigenvalue weighted by molar-refractivity contribution is 8.05. The van der Waals surface area contributed by atoms with Crippen molar-refractivity contribution in [1.29, 1.82) is 0 Å². The van der Waals surface area contributed by atoms with Crippen molar-refractivity contribution in [2.45, 2.75) is 5.50 Å². The number of hydrogen-bond donors (Lipinski definition) is 1. The summed E-state index contributed by atoms with van der Waals surface area (Å²) < 4.78 is 0. The number of nitrogens with one attached hydrogen (secondary N) is 1. The summed E-state index contributed by atoms with van der Waals surface area (Å²) in [5.41, 5.74) is 2.73. The van der Waals surface area contributed by atoms with Gasteiger partial charge in [-0.3, -0.25) is 9.69 Å². The molecule has 2 heterocycles. The Balaban J connectivity index is 1.71. The number of halogens is 1. The molecular formula is C16H11ClN2OS. The average molecular weight is 315 g/mol. The molecule has 0 unspecified atom stereocenters. The van der Waals surface area contributed by atoms with Gasteiger partial charge in [-0.25, -0.2) is 0 Å². The van der Waals surface area contributed by atoms with Crippen LogP contribution in [0.4, 0.5) is 11.4 Å². The number of amides is 1. The first-order chi connectivity index (χ1) is 10.2. The van der Waals surface area contributed by atoms with E-state index in [1.165, 1.54) is 11.8 Å². The summed E-state index contributed by atoms with van der Waals surface area (Å²) in [5.74, 6) is 0.0161. The van der Waals surface area contributed by atoms with Gasteiger partial charge in [0.15, 0.2) is 5.50 Å². The zero-order valence-electron chi connectivity index (χ0n) is 10.9. The van der Waals surface area contributed by atoms with Crippen LogP contribution in [0.5, 0.6) is 0 Å². The Morgan fingerprint density at radius 1 is 1.14 bits per heavy atom. The lowest BCUT2D eigenvalue weighted by Gasteiger charge is -2.12. The molecule has 2 aliphatic heterocycles. The zero-order valence-corrected chi connectivity index (χ0v) is 12.5. The lowest BCUT2D eigenvalue weighted by molar-refractivity contribution is -0.114. The molecule has 1 saturated heterocycles. The van der Waals surface area contributed by atoms with E-state index in [1.807, 2.05) is 54.6 Å². The van der Waals surface area contributed by atoms with Crippen molar-refractivity contribution in [1.82, 2.24) is 0 Å². The van der Waals surface area contributed by atoms with Crippen LogP contribution in [0.2, 0.25) is 5.02 Å². The third kappa shape index (κ3) is 2.03. The number of benzene rings is 2. The van der Waals surface area contributed by atoms with E-state index in [1.54, 1.807) is 4.90 Å². The Labute approximate surface area is 131 Å². The molecular weight excluding hydrogens is 304 g/mol. The maximum absolute atomic E-state index is 12.6. The number of thioether (sulfide) groups is 1. The van der Waals surface area contributed by atoms with Crippen LogP contribution in [-0.2, 0) is 4.79 Å². The summed E-state index contributed by atoms with van der Waals surface area (Å²) in [7, 11) is 0. The second-order valence-corrected chi connectivity index (χ2v) is 6.37. The Bertz CT molecular complexity index is 774. The molecule has 0 radical (unpaired) electrons. The summed E-state index contributed by atoms with van der Waals surface area (Å²) in [5, 5.41) is 4.00. The van der Waals surface area contributed by atoms with Crippen molar-refractivity contribution in [2.75, 3.05) is 10.2 Å². The second-order valence-electron chi connectivity index (χ2n) is 4.84. The number of carbonyl (C=O) groups is 1. The molecule has 5 heteroatoms. The first-order valence-corrected chi connectivity index (χ1v) is 7.82. The lowest BCUT2D eigenvalue weighted by atomic mass is 10.2. The molecule has 2 aliphatic rings. The van der Waals surface area contributed by atoms with Gasteiger partial charge in [-0.05, 0) is 29.8 Å². The summed E-state index contributed by atoms with van der Waals surface area (Å²) in [6.07, 6.45) is 1.86. The Morgan fingerprint density at radius 3 is 2.76 bits per heavy atom. The van der Waals surface area contributed by atoms with E-state index in [-0.39, 0.29) is 11.4 Å². The number of para-hydroxylation sites is 2. The van der Waals surface area contributed by atoms with Gasteiger partial charge >= 0.3 is 0 Å². The van der Waals surface area contributed by atoms with Gasteiger partial charge in [0.25, 0.3) is 5.91 Å². The zero-order chi connectivity index (χ0) is 14.4. The summed E-state index contributed by atoms with van der Waals surface area (Å²) in [4.78, 5) is 15.1. The van der Waals surface area contributed by atoms with E-state index in [2.05, 4.69) is 5.32 Å². The maximum atomic E-state index is 12.6. The lowest BCUT2D eigenvalue weighted by Crippen LogP contribution is -2.31. The number of carbonyl (C=O) groups excluding carboxylic acids is 1. The Kier molecular flexibility index (Phi) is 2.94. The third-order valence-corrected chi connectivity index (χ3v) is 4.98. The van der Waals surface area contributed by atoms with Crippen molar-refractivity contribution >= 4 is 46.7 Å². The van der Waals surface area contributed by atoms with E-state index >= 15 is 0 Å². The molecule has 2 aromatic rings. The van der Waals surface area contributed by atoms with Crippen molar-refractivity contribution in [3.63, 3.8) is 0 Å². The van der Waals surface area contributed by atoms with E-state index in [9.17, 15) is 4.79 Å². The van der Waals surface area contributed by atoms with E-state index in [0.717, 1.165) is 16.9 Å². The van der Waals surface area contributed by atoms with Crippen LogP contribution >= 0.6 is 23.4 Å². The number of nitrogens with zero attached hydrogens (tertiary/aromatic N) is 1. The Hall–Kier alpha value is -1.91. The molecule has 21 heavy (non-hydrogen) atoms. The first-order valence-electron chi connectivity index (χ1n) is 6.56. The fourth-order valence-corrected chi connectivity index (χ4v) is 3.87. The van der Waals surface area contributed by atoms with Crippen molar-refractivity contribution < 1.29 is 4.79 Å². The van der Waals surface area contributed by atoms with Crippen molar-refractivity contribution in [2.24, 2.45) is 0 Å². The predicted molar refractivity (Wildman–Crippen MR) is 88.4 cm³/mol. The van der Waals surface area contributed by atoms with Gasteiger partial charge in [0.05, 0.1) is 16.3 Å². The highest BCUT2D eigenvalue weighted by Crippen LogP contribution is 2.47. The molecule has 0 aliphatic carbocycles. The van der Waals surface area contributed by atoms with Crippen LogP contribution in [0.3, 0.4) is 0 Å². The van der Waals surface area contributed by atoms with Crippen LogP contribution in [0, 0.1) is 0 Å². The van der Waals surface area contributed by atoms with Gasteiger partial charge in [0, 0.05) is 5.02 Å². The number of anilines is 2. The third-order valence-electron chi connectivity index (χ3n) is 3.54. The molecule has 1 N–H and O–H groups in total. The molecule has 1 atom stereocenters. The largest absolute Gasteiger partial charge is 0.354 e. The SMILES string of the molecule is O=C1/C(=C/c2ccccc2Cl)S[C@H]2Nc3ccccc3N12. The van der Waals surface area contributed by atoms with Crippen molar-refractivity contribution in [3.8, 4) is 0 Å². The molecule has 1 amide bonds. The van der Waals surface area contributed by atoms with Gasteiger partial charge < -0.3 is 5.32 Å². The molecule has 1 fully saturated rings. The van der Waals surface area contributed by atoms with Gasteiger partial charge in [-0.15, -0.1) is 0 Å². The second kappa shape index (κ2) is 4.83. The normalized spacial score (nSPS) is 21.4. The topological polar surface area (TPSA) is 32.3 Å². The fourth-order valence-electron chi connectivity index (χ4n) is 2.55. The quantitative estimate of drug-likeness (QED) is 0.802. The minimum absolute atomic E-state index is 0.0161. The maximum Gasteiger partial charge on any atom is 0.267 e. The molecule has 0 saturated carbocycles. The summed E-state index contributed by atoms with van der Waals surface area (Å²) in [6, 6.07) is 15.4. The van der Waals surface area contributed by atoms with Gasteiger partial charge in [-0.2, -0.15) is 0 Å². The number of hydrogen-bond acceptors (Lipinski definition) is 3. The highest BCUT2D eigenvalue weighted by Gasteiger charge is 2.42. The van der Waals surface area contributed by atoms with Crippen LogP contribution in [0.1, 0.15) is 5.56 Å². The highest BCUT2D eigenvalue weighted by atomic mass is 35.5. The first kappa shape index (κ1) is 12.8. The van der Waals surface area contributed by atoms with Crippen LogP contribution < -0.4 is 10.2 Å². The minimum Gasteiger partial charge on any atom is -0.354 e. The molecule has 2 aromatic carbocycles. The van der Waals surface area contributed by atoms with E-state index < -0.39 is 0 Å². The average Bonchev–Trinajstić information content (AvgIpc) is 2.99. The predicted octanol–water partition coefficient (Wildman–Crippen LogP) is 4.17. The molecule has 104 valence electrons. The minimum atomic E-state index is -0.0661. The monoisotopic (exact) mass is 314 g/mol. The van der Waals surface area contributed by atoms with Gasteiger partial charge in [0.1, 0.15) is 0 Å². The summed E-state index contributed by atoms with van der Waals surface area (Å²) in [6.45, 7) is 0. The molecule has 4 rings (SSSR count). The molecule has 0 aromatic heterocycles. The standard InChI is InChI=1S/C16H11ClN2OS/c17-11-6-2-1-5-10(11)9-14-15(20)19-13-8-4-3-7-12(13)18-16(19)21-14/h1-9,16,18H/b14-9-/t16-/m0/s1. The van der Waals surface area contributed by atoms with E-state index in [4.69, 9.17) is 11.6 Å². The van der Waals surface area contributed by atoms with Crippen LogP contribution in [0.15, 0.2) is 53.4 Å². The fraction of sp³-hybridized carbons (Fsp3) is 0.0625. The van der Waals surface area contributed by atoms with Crippen LogP contribution in [0.25, 0.3) is 6.08 Å². The Morgan fingerprint density at radius 2 is 1.90 bits per heavy atom. The van der Waals surface area contributed by atoms with Gasteiger partial charge in [0.2, 0.25) is 0 Å². The molecule has 0 bridgehead atoms. The number of fused-ring (bicyclic) bond motifs is 3. The molecule has 0 spiro atoms. The smallest absolute Gasteiger partial charge is 0.267 e. The van der Waals surface area contributed by atoms with Crippen LogP contribution in [-0.4, -0.2) is 11.4 Å². The molecule has 3 nitrogen and oxygen atoms in total. The van der Waals surface area contributed by atoms with Crippen molar-refractivity contribution in [3.05, 3.63) is 64.0 Å². The van der Waals surface area contributed by atoms with E-state index in [0.29, 0.717) is 9.93 Å².